The van der Waals surface area contributed by atoms with E-state index in [0.717, 1.165) is 24.4 Å². The molecule has 1 aliphatic heterocycles. The highest BCUT2D eigenvalue weighted by atomic mass is 32.2. The average molecular weight is 452 g/mol. The van der Waals surface area contributed by atoms with Gasteiger partial charge in [-0.1, -0.05) is 37.8 Å². The van der Waals surface area contributed by atoms with Crippen LogP contribution in [0.15, 0.2) is 24.3 Å². The van der Waals surface area contributed by atoms with E-state index in [1.54, 1.807) is 7.11 Å². The van der Waals surface area contributed by atoms with E-state index < -0.39 is 27.3 Å². The van der Waals surface area contributed by atoms with E-state index in [1.807, 2.05) is 43.0 Å². The fourth-order valence-electron chi connectivity index (χ4n) is 3.63. The van der Waals surface area contributed by atoms with Gasteiger partial charge in [0, 0.05) is 13.1 Å². The number of benzene rings is 1. The first kappa shape index (κ1) is 25.1. The third-order valence-corrected chi connectivity index (χ3v) is 7.71. The van der Waals surface area contributed by atoms with E-state index in [2.05, 4.69) is 11.8 Å². The average Bonchev–Trinajstić information content (AvgIpc) is 2.76. The van der Waals surface area contributed by atoms with E-state index in [1.165, 1.54) is 4.31 Å². The highest BCUT2D eigenvalue weighted by Crippen LogP contribution is 2.30. The third-order valence-electron chi connectivity index (χ3n) is 5.73. The Hall–Kier alpha value is -2.12. The van der Waals surface area contributed by atoms with Crippen molar-refractivity contribution in [1.82, 2.24) is 9.21 Å². The molecule has 1 unspecified atom stereocenters. The zero-order valence-corrected chi connectivity index (χ0v) is 19.3. The van der Waals surface area contributed by atoms with Crippen LogP contribution in [0.1, 0.15) is 38.2 Å². The highest BCUT2D eigenvalue weighted by molar-refractivity contribution is 7.89. The van der Waals surface area contributed by atoms with Crippen LogP contribution in [0, 0.1) is 11.8 Å². The number of piperidine rings is 1. The van der Waals surface area contributed by atoms with Crippen LogP contribution in [0.4, 0.5) is 0 Å². The Morgan fingerprint density at radius 2 is 1.84 bits per heavy atom. The van der Waals surface area contributed by atoms with E-state index in [-0.39, 0.29) is 5.92 Å². The van der Waals surface area contributed by atoms with Crippen LogP contribution in [0.3, 0.4) is 0 Å². The predicted molar refractivity (Wildman–Crippen MR) is 120 cm³/mol. The number of aliphatic carboxylic acids is 1. The summed E-state index contributed by atoms with van der Waals surface area (Å²) >= 11 is 0. The first-order chi connectivity index (χ1) is 14.6. The van der Waals surface area contributed by atoms with E-state index in [9.17, 15) is 18.3 Å². The minimum atomic E-state index is -3.87. The lowest BCUT2D eigenvalue weighted by atomic mass is 9.90. The summed E-state index contributed by atoms with van der Waals surface area (Å²) in [6.45, 7) is 6.44. The molecule has 0 spiro atoms. The number of carboxylic acid groups (broad SMARTS) is 1. The smallest absolute Gasteiger partial charge is 0.337 e. The maximum atomic E-state index is 12.9. The van der Waals surface area contributed by atoms with Gasteiger partial charge in [-0.2, -0.15) is 0 Å². The van der Waals surface area contributed by atoms with Crippen molar-refractivity contribution in [3.05, 3.63) is 29.8 Å². The molecule has 1 fully saturated rings. The SMILES string of the molecule is CCN(CC)CC#CC(N)(CS(=O)(=O)N1CCC(c2ccc(OC)cc2)CC1)C(=O)O. The molecule has 8 nitrogen and oxygen atoms in total. The Bertz CT molecular complexity index is 895. The number of rotatable bonds is 9. The van der Waals surface area contributed by atoms with Gasteiger partial charge in [0.1, 0.15) is 11.5 Å². The molecule has 172 valence electrons. The summed E-state index contributed by atoms with van der Waals surface area (Å²) in [5.41, 5.74) is 4.94. The number of hydrogen-bond acceptors (Lipinski definition) is 6. The van der Waals surface area contributed by atoms with Crippen molar-refractivity contribution in [2.75, 3.05) is 45.6 Å². The molecule has 0 aromatic heterocycles. The molecule has 0 bridgehead atoms. The molecular formula is C22H33N3O5S. The first-order valence-corrected chi connectivity index (χ1v) is 12.1. The molecule has 1 aromatic rings. The summed E-state index contributed by atoms with van der Waals surface area (Å²) in [5.74, 6) is 4.10. The quantitative estimate of drug-likeness (QED) is 0.545. The molecule has 1 saturated heterocycles. The Labute approximate surface area is 185 Å². The number of nitrogens with zero attached hydrogens (tertiary/aromatic N) is 2. The summed E-state index contributed by atoms with van der Waals surface area (Å²) in [6.07, 6.45) is 1.31. The number of sulfonamides is 1. The number of ether oxygens (including phenoxy) is 1. The molecule has 0 saturated carbocycles. The molecule has 3 N–H and O–H groups in total. The summed E-state index contributed by atoms with van der Waals surface area (Å²) in [7, 11) is -2.26. The van der Waals surface area contributed by atoms with Crippen LogP contribution in [-0.4, -0.2) is 79.8 Å². The molecule has 0 aliphatic carbocycles. The van der Waals surface area contributed by atoms with Crippen LogP contribution in [0.25, 0.3) is 0 Å². The molecule has 31 heavy (non-hydrogen) atoms. The van der Waals surface area contributed by atoms with Crippen molar-refractivity contribution >= 4 is 16.0 Å². The second kappa shape index (κ2) is 11.0. The molecule has 1 heterocycles. The van der Waals surface area contributed by atoms with Crippen molar-refractivity contribution in [2.45, 2.75) is 38.1 Å². The topological polar surface area (TPSA) is 113 Å². The van der Waals surface area contributed by atoms with E-state index in [0.29, 0.717) is 32.5 Å². The van der Waals surface area contributed by atoms with Gasteiger partial charge in [0.25, 0.3) is 0 Å². The number of carbonyl (C=O) groups is 1. The zero-order chi connectivity index (χ0) is 23.1. The maximum Gasteiger partial charge on any atom is 0.337 e. The fraction of sp³-hybridized carbons (Fsp3) is 0.591. The lowest BCUT2D eigenvalue weighted by molar-refractivity contribution is -0.140. The van der Waals surface area contributed by atoms with Gasteiger partial charge >= 0.3 is 5.97 Å². The second-order valence-electron chi connectivity index (χ2n) is 7.74. The van der Waals surface area contributed by atoms with Gasteiger partial charge in [-0.05, 0) is 49.5 Å². The van der Waals surface area contributed by atoms with Crippen LogP contribution >= 0.6 is 0 Å². The number of nitrogens with two attached hydrogens (primary N) is 1. The van der Waals surface area contributed by atoms with Crippen molar-refractivity contribution in [3.8, 4) is 17.6 Å². The normalized spacial score (nSPS) is 17.6. The summed E-state index contributed by atoms with van der Waals surface area (Å²) in [6, 6.07) is 7.78. The van der Waals surface area contributed by atoms with Gasteiger partial charge in [-0.15, -0.1) is 0 Å². The van der Waals surface area contributed by atoms with Crippen LogP contribution < -0.4 is 10.5 Å². The molecule has 1 aromatic carbocycles. The van der Waals surface area contributed by atoms with E-state index >= 15 is 0 Å². The molecule has 0 radical (unpaired) electrons. The Morgan fingerprint density at radius 1 is 1.26 bits per heavy atom. The Morgan fingerprint density at radius 3 is 2.32 bits per heavy atom. The predicted octanol–water partition coefficient (Wildman–Crippen LogP) is 1.33. The van der Waals surface area contributed by atoms with Gasteiger partial charge in [-0.3, -0.25) is 4.90 Å². The van der Waals surface area contributed by atoms with Gasteiger partial charge in [-0.25, -0.2) is 17.5 Å². The van der Waals surface area contributed by atoms with Gasteiger partial charge in [0.15, 0.2) is 5.54 Å². The standard InChI is InChI=1S/C22H33N3O5S/c1-4-24(5-2)14-6-13-22(23,21(26)27)17-31(28,29)25-15-11-19(12-16-25)18-7-9-20(30-3)10-8-18/h7-10,19H,4-5,11-12,14-17,23H2,1-3H3,(H,26,27). The van der Waals surface area contributed by atoms with Crippen LogP contribution in [0.2, 0.25) is 0 Å². The maximum absolute atomic E-state index is 12.9. The minimum absolute atomic E-state index is 0.244. The lowest BCUT2D eigenvalue weighted by Crippen LogP contribution is -2.55. The lowest BCUT2D eigenvalue weighted by Gasteiger charge is -2.33. The summed E-state index contributed by atoms with van der Waals surface area (Å²) in [4.78, 5) is 13.7. The summed E-state index contributed by atoms with van der Waals surface area (Å²) in [5, 5.41) is 9.57. The minimum Gasteiger partial charge on any atom is -0.497 e. The molecule has 1 atom stereocenters. The second-order valence-corrected chi connectivity index (χ2v) is 9.71. The number of hydrogen-bond donors (Lipinski definition) is 2. The van der Waals surface area contributed by atoms with Gasteiger partial charge in [0.2, 0.25) is 10.0 Å². The van der Waals surface area contributed by atoms with Crippen LogP contribution in [0.5, 0.6) is 5.75 Å². The van der Waals surface area contributed by atoms with Crippen molar-refractivity contribution in [2.24, 2.45) is 5.73 Å². The van der Waals surface area contributed by atoms with Gasteiger partial charge < -0.3 is 15.6 Å². The number of carboxylic acids is 1. The van der Waals surface area contributed by atoms with Gasteiger partial charge in [0.05, 0.1) is 13.7 Å². The first-order valence-electron chi connectivity index (χ1n) is 10.5. The van der Waals surface area contributed by atoms with Crippen LogP contribution in [-0.2, 0) is 14.8 Å². The highest BCUT2D eigenvalue weighted by Gasteiger charge is 2.41. The molecule has 1 aliphatic rings. The molecule has 0 amide bonds. The molecule has 2 rings (SSSR count). The fourth-order valence-corrected chi connectivity index (χ4v) is 5.35. The molecule has 9 heteroatoms. The van der Waals surface area contributed by atoms with Crippen molar-refractivity contribution < 1.29 is 23.1 Å². The zero-order valence-electron chi connectivity index (χ0n) is 18.5. The van der Waals surface area contributed by atoms with E-state index in [4.69, 9.17) is 10.5 Å². The van der Waals surface area contributed by atoms with Crippen molar-refractivity contribution in [1.29, 1.82) is 0 Å². The summed E-state index contributed by atoms with van der Waals surface area (Å²) < 4.78 is 32.4. The largest absolute Gasteiger partial charge is 0.497 e. The number of methoxy groups -OCH3 is 1. The molecular weight excluding hydrogens is 418 g/mol. The monoisotopic (exact) mass is 451 g/mol. The Kier molecular flexibility index (Phi) is 8.89. The third kappa shape index (κ3) is 6.68. The Balaban J connectivity index is 2.05. The van der Waals surface area contributed by atoms with Crippen molar-refractivity contribution in [3.63, 3.8) is 0 Å².